The topological polar surface area (TPSA) is 134 Å². The summed E-state index contributed by atoms with van der Waals surface area (Å²) in [6.45, 7) is 0. The fraction of sp³-hybridized carbons (Fsp3) is 0.0833. The number of nitrogens with zero attached hydrogens (tertiary/aromatic N) is 6. The van der Waals surface area contributed by atoms with Crippen molar-refractivity contribution in [2.45, 2.75) is 0 Å². The molecule has 2 N–H and O–H groups in total. The summed E-state index contributed by atoms with van der Waals surface area (Å²) in [4.78, 5) is 23.1. The average Bonchev–Trinajstić information content (AvgIpc) is 2.86. The number of aromatic nitrogens is 2. The van der Waals surface area contributed by atoms with Gasteiger partial charge in [-0.15, -0.1) is 20.5 Å². The summed E-state index contributed by atoms with van der Waals surface area (Å²) in [6.07, 6.45) is 0. The molecule has 0 spiro atoms. The van der Waals surface area contributed by atoms with E-state index in [1.165, 1.54) is 38.4 Å². The van der Waals surface area contributed by atoms with E-state index in [-0.39, 0.29) is 34.3 Å². The molecule has 2 aromatic heterocycles. The summed E-state index contributed by atoms with van der Waals surface area (Å²) in [6, 6.07) is 15.5. The molecule has 0 aliphatic heterocycles. The van der Waals surface area contributed by atoms with E-state index in [4.69, 9.17) is 23.2 Å². The lowest BCUT2D eigenvalue weighted by Gasteiger charge is -2.07. The first-order valence-electron chi connectivity index (χ1n) is 10.4. The van der Waals surface area contributed by atoms with Crippen LogP contribution in [0.2, 0.25) is 10.0 Å². The van der Waals surface area contributed by atoms with Crippen LogP contribution >= 0.6 is 23.2 Å². The summed E-state index contributed by atoms with van der Waals surface area (Å²) >= 11 is 12.8. The van der Waals surface area contributed by atoms with Gasteiger partial charge in [0.15, 0.2) is 0 Å². The van der Waals surface area contributed by atoms with Crippen LogP contribution in [0.5, 0.6) is 11.8 Å². The fourth-order valence-corrected chi connectivity index (χ4v) is 3.57. The van der Waals surface area contributed by atoms with Crippen LogP contribution in [-0.2, 0) is 14.1 Å². The predicted molar refractivity (Wildman–Crippen MR) is 137 cm³/mol. The molecule has 4 rings (SSSR count). The van der Waals surface area contributed by atoms with Gasteiger partial charge in [0.05, 0.1) is 10.0 Å². The molecule has 4 aromatic rings. The number of benzene rings is 2. The lowest BCUT2D eigenvalue weighted by molar-refractivity contribution is 0.424. The van der Waals surface area contributed by atoms with Crippen LogP contribution in [0.15, 0.2) is 90.7 Å². The Balaban J connectivity index is 1.56. The van der Waals surface area contributed by atoms with E-state index in [2.05, 4.69) is 20.5 Å². The van der Waals surface area contributed by atoms with Crippen LogP contribution in [0.3, 0.4) is 0 Å². The highest BCUT2D eigenvalue weighted by Crippen LogP contribution is 2.36. The van der Waals surface area contributed by atoms with Crippen LogP contribution in [0.1, 0.15) is 0 Å². The lowest BCUT2D eigenvalue weighted by Crippen LogP contribution is -2.14. The molecule has 2 aromatic carbocycles. The maximum Gasteiger partial charge on any atom is 0.253 e. The number of pyridine rings is 2. The maximum absolute atomic E-state index is 11.5. The highest BCUT2D eigenvalue weighted by molar-refractivity contribution is 6.34. The van der Waals surface area contributed by atoms with Crippen molar-refractivity contribution in [3.63, 3.8) is 0 Å². The molecule has 0 radical (unpaired) electrons. The minimum absolute atomic E-state index is 0.125. The van der Waals surface area contributed by atoms with E-state index in [0.29, 0.717) is 21.4 Å². The zero-order valence-corrected chi connectivity index (χ0v) is 20.4. The lowest BCUT2D eigenvalue weighted by atomic mass is 10.1. The molecule has 0 atom stereocenters. The van der Waals surface area contributed by atoms with Gasteiger partial charge in [-0.1, -0.05) is 35.3 Å². The van der Waals surface area contributed by atoms with Gasteiger partial charge in [0.25, 0.3) is 11.1 Å². The molecule has 10 nitrogen and oxygen atoms in total. The van der Waals surface area contributed by atoms with Crippen molar-refractivity contribution in [2.75, 3.05) is 0 Å². The molecule has 0 fully saturated rings. The molecule has 0 bridgehead atoms. The molecule has 12 heteroatoms. The largest absolute Gasteiger partial charge is 0.493 e. The van der Waals surface area contributed by atoms with E-state index in [1.807, 2.05) is 0 Å². The molecular formula is C24H18Cl2N6O4. The Labute approximate surface area is 214 Å². The summed E-state index contributed by atoms with van der Waals surface area (Å²) in [5.74, 6) is -0.616. The zero-order chi connectivity index (χ0) is 26.0. The number of halogens is 2. The number of hydrogen-bond acceptors (Lipinski definition) is 8. The van der Waals surface area contributed by atoms with Gasteiger partial charge in [0.2, 0.25) is 11.8 Å². The van der Waals surface area contributed by atoms with Crippen LogP contribution in [-0.4, -0.2) is 19.3 Å². The van der Waals surface area contributed by atoms with Crippen molar-refractivity contribution < 1.29 is 10.2 Å². The van der Waals surface area contributed by atoms with Gasteiger partial charge in [0, 0.05) is 26.2 Å². The molecule has 182 valence electrons. The Morgan fingerprint density at radius 3 is 1.28 bits per heavy atom. The maximum atomic E-state index is 11.5. The van der Waals surface area contributed by atoms with Gasteiger partial charge >= 0.3 is 0 Å². The Morgan fingerprint density at radius 1 is 0.583 bits per heavy atom. The van der Waals surface area contributed by atoms with Gasteiger partial charge in [0.1, 0.15) is 22.7 Å². The average molecular weight is 525 g/mol. The Morgan fingerprint density at radius 2 is 0.917 bits per heavy atom. The molecule has 0 saturated carbocycles. The smallest absolute Gasteiger partial charge is 0.253 e. The highest BCUT2D eigenvalue weighted by atomic mass is 35.5. The van der Waals surface area contributed by atoms with Crippen LogP contribution in [0, 0.1) is 0 Å². The SMILES string of the molecule is Cn1c(O)c(N=Nc2ccc(-c3ccc(N=Nc4ccc(=O)n(C)c4O)c(Cl)c3)cc2Cl)ccc1=O. The summed E-state index contributed by atoms with van der Waals surface area (Å²) < 4.78 is 2.11. The summed E-state index contributed by atoms with van der Waals surface area (Å²) in [7, 11) is 2.84. The molecule has 0 aliphatic carbocycles. The second-order valence-electron chi connectivity index (χ2n) is 7.61. The van der Waals surface area contributed by atoms with E-state index >= 15 is 0 Å². The van der Waals surface area contributed by atoms with Crippen molar-refractivity contribution in [3.05, 3.63) is 91.4 Å². The third-order valence-corrected chi connectivity index (χ3v) is 5.89. The summed E-state index contributed by atoms with van der Waals surface area (Å²) in [5.41, 5.74) is 1.74. The van der Waals surface area contributed by atoms with Crippen LogP contribution < -0.4 is 11.1 Å². The van der Waals surface area contributed by atoms with E-state index in [9.17, 15) is 19.8 Å². The Bertz CT molecular complexity index is 1540. The zero-order valence-electron chi connectivity index (χ0n) is 18.9. The monoisotopic (exact) mass is 524 g/mol. The first-order valence-corrected chi connectivity index (χ1v) is 11.1. The predicted octanol–water partition coefficient (Wildman–Crippen LogP) is 6.30. The van der Waals surface area contributed by atoms with Crippen molar-refractivity contribution in [2.24, 2.45) is 34.6 Å². The summed E-state index contributed by atoms with van der Waals surface area (Å²) in [5, 5.41) is 36.8. The van der Waals surface area contributed by atoms with Crippen LogP contribution in [0.25, 0.3) is 11.1 Å². The minimum atomic E-state index is -0.370. The van der Waals surface area contributed by atoms with E-state index in [1.54, 1.807) is 36.4 Å². The van der Waals surface area contributed by atoms with Gasteiger partial charge in [-0.2, -0.15) is 0 Å². The second kappa shape index (κ2) is 10.1. The van der Waals surface area contributed by atoms with E-state index < -0.39 is 0 Å². The third kappa shape index (κ3) is 5.04. The fourth-order valence-electron chi connectivity index (χ4n) is 3.13. The van der Waals surface area contributed by atoms with Crippen molar-refractivity contribution in [3.8, 4) is 22.9 Å². The number of rotatable bonds is 5. The van der Waals surface area contributed by atoms with E-state index in [0.717, 1.165) is 20.3 Å². The number of azo groups is 2. The Hall–Kier alpha value is -4.28. The molecule has 0 aliphatic rings. The molecule has 2 heterocycles. The van der Waals surface area contributed by atoms with Gasteiger partial charge in [-0.25, -0.2) is 0 Å². The standard InChI is InChI=1S/C24H18Cl2N6O4/c1-31-21(33)9-7-19(23(31)35)29-27-17-5-3-13(11-15(17)25)14-4-6-18(16(26)12-14)28-30-20-8-10-22(34)32(2)24(20)36/h3-12,35-36H,1-2H3. The number of aromatic hydroxyl groups is 2. The minimum Gasteiger partial charge on any atom is -0.493 e. The first kappa shape index (κ1) is 24.8. The first-order chi connectivity index (χ1) is 17.2. The molecule has 0 unspecified atom stereocenters. The molecular weight excluding hydrogens is 507 g/mol. The molecule has 0 saturated heterocycles. The highest BCUT2D eigenvalue weighted by Gasteiger charge is 2.09. The number of hydrogen-bond donors (Lipinski definition) is 2. The van der Waals surface area contributed by atoms with Gasteiger partial charge < -0.3 is 10.2 Å². The molecule has 36 heavy (non-hydrogen) atoms. The van der Waals surface area contributed by atoms with Crippen LogP contribution in [0.4, 0.5) is 22.7 Å². The second-order valence-corrected chi connectivity index (χ2v) is 8.43. The quantitative estimate of drug-likeness (QED) is 0.296. The normalized spacial score (nSPS) is 11.6. The Kier molecular flexibility index (Phi) is 7.00. The van der Waals surface area contributed by atoms with Crippen molar-refractivity contribution in [1.29, 1.82) is 0 Å². The third-order valence-electron chi connectivity index (χ3n) is 5.28. The molecule has 0 amide bonds. The van der Waals surface area contributed by atoms with Gasteiger partial charge in [-0.3, -0.25) is 18.7 Å². The van der Waals surface area contributed by atoms with Crippen molar-refractivity contribution >= 4 is 46.0 Å². The van der Waals surface area contributed by atoms with Crippen molar-refractivity contribution in [1.82, 2.24) is 9.13 Å². The van der Waals surface area contributed by atoms with Gasteiger partial charge in [-0.05, 0) is 47.5 Å².